The molecule has 0 aromatic heterocycles. The molecule has 2 aromatic rings. The molecule has 3 atom stereocenters. The molecule has 4 rings (SSSR count). The number of nitrogens with zero attached hydrogens (tertiary/aromatic N) is 1. The first-order valence-electron chi connectivity index (χ1n) is 9.40. The summed E-state index contributed by atoms with van der Waals surface area (Å²) in [4.78, 5) is 13.1. The van der Waals surface area contributed by atoms with Crippen LogP contribution in [0.5, 0.6) is 0 Å². The van der Waals surface area contributed by atoms with Crippen LogP contribution >= 0.6 is 0 Å². The van der Waals surface area contributed by atoms with E-state index in [1.807, 2.05) is 77.8 Å². The van der Waals surface area contributed by atoms with Gasteiger partial charge in [0.25, 0.3) is 5.91 Å². The van der Waals surface area contributed by atoms with Gasteiger partial charge in [0.15, 0.2) is 0 Å². The van der Waals surface area contributed by atoms with Crippen LogP contribution in [-0.4, -0.2) is 5.91 Å². The van der Waals surface area contributed by atoms with E-state index in [1.54, 1.807) is 0 Å². The minimum Gasteiger partial charge on any atom is -0.268 e. The number of carbonyl (C=O) groups is 1. The summed E-state index contributed by atoms with van der Waals surface area (Å²) < 4.78 is 0. The summed E-state index contributed by atoms with van der Waals surface area (Å²) in [5, 5.41) is 1.82. The Morgan fingerprint density at radius 1 is 1.00 bits per heavy atom. The number of hydrogen-bond acceptors (Lipinski definition) is 2. The molecule has 3 nitrogen and oxygen atoms in total. The van der Waals surface area contributed by atoms with Crippen molar-refractivity contribution in [2.75, 3.05) is 5.01 Å². The topological polar surface area (TPSA) is 32.3 Å². The van der Waals surface area contributed by atoms with Gasteiger partial charge >= 0.3 is 0 Å². The first-order valence-corrected chi connectivity index (χ1v) is 9.40. The molecular weight excluding hydrogens is 332 g/mol. The summed E-state index contributed by atoms with van der Waals surface area (Å²) in [6, 6.07) is 19.7. The van der Waals surface area contributed by atoms with Crippen LogP contribution in [0.15, 0.2) is 91.0 Å². The lowest BCUT2D eigenvalue weighted by Gasteiger charge is -2.28. The second kappa shape index (κ2) is 7.67. The van der Waals surface area contributed by atoms with Gasteiger partial charge in [0.2, 0.25) is 0 Å². The highest BCUT2D eigenvalue weighted by Gasteiger charge is 2.37. The first kappa shape index (κ1) is 17.3. The SMILES string of the molecule is C=C(C(=O)NN(c1ccccc1)c1ccccc1)C1CCC2[C]=CC=CC21. The Labute approximate surface area is 160 Å². The molecule has 0 saturated heterocycles. The fraction of sp³-hybridized carbons (Fsp3) is 0.208. The van der Waals surface area contributed by atoms with Gasteiger partial charge in [-0.25, -0.2) is 0 Å². The standard InChI is InChI=1S/C24H23N2O/c1-18(22-17-16-19-10-8-9-15-23(19)22)24(27)25-26(20-11-4-2-5-12-20)21-13-6-3-7-14-21/h2-9,11-15,19,22-23H,1,16-17H2,(H,25,27). The molecule has 2 aliphatic carbocycles. The number of nitrogens with one attached hydrogen (secondary N) is 1. The summed E-state index contributed by atoms with van der Waals surface area (Å²) in [5.41, 5.74) is 5.52. The second-order valence-corrected chi connectivity index (χ2v) is 7.06. The van der Waals surface area contributed by atoms with Crippen molar-refractivity contribution in [1.29, 1.82) is 0 Å². The fourth-order valence-corrected chi connectivity index (χ4v) is 4.03. The molecule has 27 heavy (non-hydrogen) atoms. The van der Waals surface area contributed by atoms with Crippen LogP contribution in [0.25, 0.3) is 0 Å². The number of amides is 1. The Kier molecular flexibility index (Phi) is 4.93. The first-order chi connectivity index (χ1) is 13.2. The van der Waals surface area contributed by atoms with E-state index in [0.29, 0.717) is 17.4 Å². The van der Waals surface area contributed by atoms with Gasteiger partial charge in [-0.3, -0.25) is 15.2 Å². The van der Waals surface area contributed by atoms with Crippen molar-refractivity contribution in [3.05, 3.63) is 97.1 Å². The van der Waals surface area contributed by atoms with Crippen LogP contribution in [0.2, 0.25) is 0 Å². The number of rotatable bonds is 5. The van der Waals surface area contributed by atoms with Crippen molar-refractivity contribution in [3.8, 4) is 0 Å². The minimum absolute atomic E-state index is 0.128. The molecule has 0 bridgehead atoms. The second-order valence-electron chi connectivity index (χ2n) is 7.06. The van der Waals surface area contributed by atoms with E-state index >= 15 is 0 Å². The molecule has 0 spiro atoms. The van der Waals surface area contributed by atoms with Gasteiger partial charge in [0.1, 0.15) is 0 Å². The van der Waals surface area contributed by atoms with Gasteiger partial charge in [-0.15, -0.1) is 0 Å². The van der Waals surface area contributed by atoms with Crippen molar-refractivity contribution in [1.82, 2.24) is 5.43 Å². The Morgan fingerprint density at radius 3 is 2.26 bits per heavy atom. The third kappa shape index (κ3) is 3.59. The Balaban J connectivity index is 1.54. The van der Waals surface area contributed by atoms with Crippen LogP contribution in [0, 0.1) is 23.8 Å². The van der Waals surface area contributed by atoms with Crippen molar-refractivity contribution < 1.29 is 4.79 Å². The summed E-state index contributed by atoms with van der Waals surface area (Å²) in [6.45, 7) is 4.16. The van der Waals surface area contributed by atoms with E-state index < -0.39 is 0 Å². The quantitative estimate of drug-likeness (QED) is 0.606. The fourth-order valence-electron chi connectivity index (χ4n) is 4.03. The number of fused-ring (bicyclic) bond motifs is 1. The minimum atomic E-state index is -0.128. The number of benzene rings is 2. The van der Waals surface area contributed by atoms with E-state index in [1.165, 1.54) is 0 Å². The smallest absolute Gasteiger partial charge is 0.265 e. The molecule has 0 aliphatic heterocycles. The maximum absolute atomic E-state index is 13.1. The highest BCUT2D eigenvalue weighted by molar-refractivity contribution is 5.95. The highest BCUT2D eigenvalue weighted by atomic mass is 16.2. The molecule has 3 heteroatoms. The molecule has 135 valence electrons. The molecule has 1 saturated carbocycles. The van der Waals surface area contributed by atoms with Crippen molar-refractivity contribution in [3.63, 3.8) is 0 Å². The number of para-hydroxylation sites is 2. The number of hydrazine groups is 1. The summed E-state index contributed by atoms with van der Waals surface area (Å²) >= 11 is 0. The molecule has 3 unspecified atom stereocenters. The molecule has 2 aromatic carbocycles. The monoisotopic (exact) mass is 355 g/mol. The molecule has 1 amide bonds. The normalized spacial score (nSPS) is 22.9. The predicted molar refractivity (Wildman–Crippen MR) is 109 cm³/mol. The number of allylic oxidation sites excluding steroid dienone is 4. The van der Waals surface area contributed by atoms with Crippen LogP contribution in [-0.2, 0) is 4.79 Å². The molecule has 0 heterocycles. The average Bonchev–Trinajstić information content (AvgIpc) is 3.16. The van der Waals surface area contributed by atoms with Crippen LogP contribution in [0.1, 0.15) is 12.8 Å². The highest BCUT2D eigenvalue weighted by Crippen LogP contribution is 2.43. The number of carbonyl (C=O) groups excluding carboxylic acids is 1. The van der Waals surface area contributed by atoms with Gasteiger partial charge in [-0.1, -0.05) is 61.2 Å². The molecule has 1 fully saturated rings. The summed E-state index contributed by atoms with van der Waals surface area (Å²) in [6.07, 6.45) is 11.7. The van der Waals surface area contributed by atoms with Gasteiger partial charge in [-0.05, 0) is 60.9 Å². The Bertz CT molecular complexity index is 830. The zero-order valence-corrected chi connectivity index (χ0v) is 15.2. The van der Waals surface area contributed by atoms with Crippen molar-refractivity contribution in [2.45, 2.75) is 12.8 Å². The zero-order chi connectivity index (χ0) is 18.6. The largest absolute Gasteiger partial charge is 0.268 e. The number of hydrogen-bond donors (Lipinski definition) is 1. The van der Waals surface area contributed by atoms with Gasteiger partial charge < -0.3 is 0 Å². The lowest BCUT2D eigenvalue weighted by atomic mass is 9.82. The third-order valence-electron chi connectivity index (χ3n) is 5.44. The molecule has 2 aliphatic rings. The summed E-state index contributed by atoms with van der Waals surface area (Å²) in [7, 11) is 0. The van der Waals surface area contributed by atoms with Gasteiger partial charge in [-0.2, -0.15) is 0 Å². The molecular formula is C24H23N2O. The van der Waals surface area contributed by atoms with Crippen LogP contribution in [0.3, 0.4) is 0 Å². The van der Waals surface area contributed by atoms with Gasteiger partial charge in [0.05, 0.1) is 11.4 Å². The van der Waals surface area contributed by atoms with Crippen LogP contribution in [0.4, 0.5) is 11.4 Å². The van der Waals surface area contributed by atoms with Gasteiger partial charge in [0, 0.05) is 5.57 Å². The van der Waals surface area contributed by atoms with Crippen molar-refractivity contribution >= 4 is 17.3 Å². The maximum atomic E-state index is 13.1. The van der Waals surface area contributed by atoms with E-state index in [4.69, 9.17) is 0 Å². The third-order valence-corrected chi connectivity index (χ3v) is 5.44. The summed E-state index contributed by atoms with van der Waals surface area (Å²) in [5.74, 6) is 0.774. The van der Waals surface area contributed by atoms with E-state index in [0.717, 1.165) is 24.2 Å². The van der Waals surface area contributed by atoms with E-state index in [-0.39, 0.29) is 11.8 Å². The number of anilines is 2. The lowest BCUT2D eigenvalue weighted by molar-refractivity contribution is -0.118. The lowest BCUT2D eigenvalue weighted by Crippen LogP contribution is -2.41. The Morgan fingerprint density at radius 2 is 1.63 bits per heavy atom. The Hall–Kier alpha value is -3.07. The predicted octanol–water partition coefficient (Wildman–Crippen LogP) is 4.98. The van der Waals surface area contributed by atoms with E-state index in [9.17, 15) is 4.79 Å². The maximum Gasteiger partial charge on any atom is 0.265 e. The average molecular weight is 355 g/mol. The zero-order valence-electron chi connectivity index (χ0n) is 15.2. The molecule has 1 radical (unpaired) electrons. The van der Waals surface area contributed by atoms with Crippen molar-refractivity contribution in [2.24, 2.45) is 17.8 Å². The van der Waals surface area contributed by atoms with E-state index in [2.05, 4.69) is 24.2 Å². The van der Waals surface area contributed by atoms with Crippen LogP contribution < -0.4 is 10.4 Å². The molecule has 1 N–H and O–H groups in total.